The van der Waals surface area contributed by atoms with Crippen LogP contribution in [0.2, 0.25) is 10.0 Å². The van der Waals surface area contributed by atoms with Gasteiger partial charge in [0.1, 0.15) is 23.5 Å². The van der Waals surface area contributed by atoms with E-state index in [1.807, 2.05) is 12.1 Å². The molecule has 2 aromatic rings. The lowest BCUT2D eigenvalue weighted by Crippen LogP contribution is -2.13. The summed E-state index contributed by atoms with van der Waals surface area (Å²) in [5.74, 6) is -0.0138. The zero-order valence-corrected chi connectivity index (χ0v) is 19.2. The van der Waals surface area contributed by atoms with E-state index in [0.29, 0.717) is 22.0 Å². The first-order valence-electron chi connectivity index (χ1n) is 7.23. The van der Waals surface area contributed by atoms with E-state index in [1.54, 1.807) is 30.3 Å². The van der Waals surface area contributed by atoms with E-state index in [2.05, 4.69) is 50.5 Å². The molecule has 1 amide bonds. The molecule has 0 spiro atoms. The van der Waals surface area contributed by atoms with E-state index in [4.69, 9.17) is 33.2 Å². The van der Waals surface area contributed by atoms with E-state index in [0.717, 1.165) is 7.14 Å². The minimum absolute atomic E-state index is 0.0621. The molecule has 0 aliphatic rings. The van der Waals surface area contributed by atoms with Crippen LogP contribution in [0.3, 0.4) is 0 Å². The number of nitrogens with zero attached hydrogens (tertiary/aromatic N) is 2. The number of benzene rings is 2. The molecule has 27 heavy (non-hydrogen) atoms. The quantitative estimate of drug-likeness (QED) is 0.265. The topological polar surface area (TPSA) is 85.9 Å². The molecule has 0 saturated heterocycles. The zero-order valence-electron chi connectivity index (χ0n) is 13.4. The molecule has 136 valence electrons. The van der Waals surface area contributed by atoms with Crippen LogP contribution in [0.5, 0.6) is 5.75 Å². The summed E-state index contributed by atoms with van der Waals surface area (Å²) in [5.41, 5.74) is 0.875. The summed E-state index contributed by atoms with van der Waals surface area (Å²) in [6.45, 7) is -0.0621. The largest absolute Gasteiger partial charge is 0.477 e. The van der Waals surface area contributed by atoms with Crippen LogP contribution in [-0.4, -0.2) is 12.5 Å². The number of amides is 1. The van der Waals surface area contributed by atoms with Crippen LogP contribution in [0, 0.1) is 29.8 Å². The lowest BCUT2D eigenvalue weighted by Gasteiger charge is -2.10. The maximum absolute atomic E-state index is 12.4. The molecule has 0 aliphatic carbocycles. The van der Waals surface area contributed by atoms with Crippen molar-refractivity contribution in [2.24, 2.45) is 0 Å². The van der Waals surface area contributed by atoms with Crippen LogP contribution in [0.1, 0.15) is 5.56 Å². The van der Waals surface area contributed by atoms with Crippen molar-refractivity contribution in [3.8, 4) is 17.9 Å². The van der Waals surface area contributed by atoms with Crippen molar-refractivity contribution in [3.63, 3.8) is 0 Å². The maximum atomic E-state index is 12.4. The predicted molar refractivity (Wildman–Crippen MR) is 122 cm³/mol. The Hall–Kier alpha value is -1.53. The van der Waals surface area contributed by atoms with Crippen molar-refractivity contribution in [2.45, 2.75) is 0 Å². The van der Waals surface area contributed by atoms with Gasteiger partial charge < -0.3 is 10.1 Å². The van der Waals surface area contributed by atoms with Crippen LogP contribution in [-0.2, 0) is 4.79 Å². The molecule has 0 radical (unpaired) electrons. The Labute approximate surface area is 193 Å². The first-order valence-corrected chi connectivity index (χ1v) is 10.1. The molecule has 0 aromatic heterocycles. The second-order valence-corrected chi connectivity index (χ2v) is 8.10. The molecular weight excluding hydrogens is 615 g/mol. The number of halogens is 4. The Balaban J connectivity index is 2.30. The molecule has 5 nitrogen and oxygen atoms in total. The van der Waals surface area contributed by atoms with Crippen molar-refractivity contribution >= 4 is 86.1 Å². The minimum Gasteiger partial charge on any atom is -0.477 e. The summed E-state index contributed by atoms with van der Waals surface area (Å²) < 4.78 is 6.91. The second-order valence-electron chi connectivity index (χ2n) is 4.99. The van der Waals surface area contributed by atoms with Crippen molar-refractivity contribution in [1.82, 2.24) is 0 Å². The Bertz CT molecular complexity index is 988. The summed E-state index contributed by atoms with van der Waals surface area (Å²) in [7, 11) is 0. The molecule has 0 saturated carbocycles. The first-order chi connectivity index (χ1) is 12.9. The van der Waals surface area contributed by atoms with Crippen LogP contribution in [0.4, 0.5) is 5.69 Å². The van der Waals surface area contributed by atoms with Crippen LogP contribution < -0.4 is 10.1 Å². The van der Waals surface area contributed by atoms with Gasteiger partial charge in [-0.2, -0.15) is 10.5 Å². The number of hydrogen-bond donors (Lipinski definition) is 1. The predicted octanol–water partition coefficient (Wildman–Crippen LogP) is 5.65. The third-order valence-electron chi connectivity index (χ3n) is 3.18. The summed E-state index contributed by atoms with van der Waals surface area (Å²) in [4.78, 5) is 12.4. The monoisotopic (exact) mass is 623 g/mol. The average molecular weight is 624 g/mol. The Morgan fingerprint density at radius 3 is 2.48 bits per heavy atom. The standard InChI is InChI=1S/C18H9Cl2I2N3O2/c19-12-2-1-3-15(16(12)20)25-18(26)11(9-24)6-10-7-13(21)17(14(22)8-10)27-5-4-23/h1-3,6-8H,5H2,(H,25,26)/b11-6-. The molecule has 0 atom stereocenters. The van der Waals surface area contributed by atoms with E-state index in [1.165, 1.54) is 6.08 Å². The normalized spacial score (nSPS) is 10.7. The summed E-state index contributed by atoms with van der Waals surface area (Å²) >= 11 is 16.1. The summed E-state index contributed by atoms with van der Waals surface area (Å²) in [5, 5.41) is 21.1. The summed E-state index contributed by atoms with van der Waals surface area (Å²) in [6, 6.07) is 12.1. The SMILES string of the molecule is N#CCOc1c(I)cc(/C=C(/C#N)C(=O)Nc2cccc(Cl)c2Cl)cc1I. The highest BCUT2D eigenvalue weighted by Gasteiger charge is 2.14. The van der Waals surface area contributed by atoms with Gasteiger partial charge in [0.25, 0.3) is 5.91 Å². The van der Waals surface area contributed by atoms with Gasteiger partial charge in [-0.25, -0.2) is 0 Å². The van der Waals surface area contributed by atoms with Gasteiger partial charge in [0, 0.05) is 0 Å². The number of nitrogens with one attached hydrogen (secondary N) is 1. The molecule has 0 unspecified atom stereocenters. The van der Waals surface area contributed by atoms with Gasteiger partial charge in [0.05, 0.1) is 22.9 Å². The van der Waals surface area contributed by atoms with Crippen LogP contribution >= 0.6 is 68.4 Å². The van der Waals surface area contributed by atoms with Crippen molar-refractivity contribution in [1.29, 1.82) is 10.5 Å². The molecule has 9 heteroatoms. The molecule has 0 aliphatic heterocycles. The lowest BCUT2D eigenvalue weighted by molar-refractivity contribution is -0.112. The van der Waals surface area contributed by atoms with Gasteiger partial charge in [-0.05, 0) is 81.1 Å². The Morgan fingerprint density at radius 2 is 1.89 bits per heavy atom. The lowest BCUT2D eigenvalue weighted by atomic mass is 10.1. The van der Waals surface area contributed by atoms with Gasteiger partial charge in [0.2, 0.25) is 0 Å². The highest BCUT2D eigenvalue weighted by molar-refractivity contribution is 14.1. The fraction of sp³-hybridized carbons (Fsp3) is 0.0556. The Morgan fingerprint density at radius 1 is 1.22 bits per heavy atom. The number of nitriles is 2. The number of rotatable bonds is 5. The maximum Gasteiger partial charge on any atom is 0.266 e. The number of anilines is 1. The highest BCUT2D eigenvalue weighted by Crippen LogP contribution is 2.31. The van der Waals surface area contributed by atoms with Crippen LogP contribution in [0.25, 0.3) is 6.08 Å². The molecule has 0 fully saturated rings. The fourth-order valence-electron chi connectivity index (χ4n) is 2.01. The van der Waals surface area contributed by atoms with Gasteiger partial charge in [-0.3, -0.25) is 4.79 Å². The number of carbonyl (C=O) groups is 1. The second kappa shape index (κ2) is 10.1. The molecule has 0 bridgehead atoms. The smallest absolute Gasteiger partial charge is 0.266 e. The molecule has 2 rings (SSSR count). The van der Waals surface area contributed by atoms with E-state index in [-0.39, 0.29) is 17.2 Å². The highest BCUT2D eigenvalue weighted by atomic mass is 127. The third kappa shape index (κ3) is 5.72. The number of carbonyl (C=O) groups excluding carboxylic acids is 1. The minimum atomic E-state index is -0.600. The van der Waals surface area contributed by atoms with Gasteiger partial charge in [0.15, 0.2) is 6.61 Å². The zero-order chi connectivity index (χ0) is 20.0. The molecule has 1 N–H and O–H groups in total. The van der Waals surface area contributed by atoms with E-state index >= 15 is 0 Å². The van der Waals surface area contributed by atoms with E-state index < -0.39 is 5.91 Å². The summed E-state index contributed by atoms with van der Waals surface area (Å²) in [6.07, 6.45) is 1.46. The third-order valence-corrected chi connectivity index (χ3v) is 5.60. The van der Waals surface area contributed by atoms with Gasteiger partial charge in [-0.1, -0.05) is 29.3 Å². The Kier molecular flexibility index (Phi) is 8.17. The van der Waals surface area contributed by atoms with Crippen LogP contribution in [0.15, 0.2) is 35.9 Å². The van der Waals surface area contributed by atoms with Crippen molar-refractivity contribution < 1.29 is 9.53 Å². The van der Waals surface area contributed by atoms with Crippen molar-refractivity contribution in [3.05, 3.63) is 58.7 Å². The van der Waals surface area contributed by atoms with Gasteiger partial charge in [-0.15, -0.1) is 0 Å². The fourth-order valence-corrected chi connectivity index (χ4v) is 4.49. The molecule has 2 aromatic carbocycles. The average Bonchev–Trinajstić information content (AvgIpc) is 2.62. The van der Waals surface area contributed by atoms with Gasteiger partial charge >= 0.3 is 0 Å². The van der Waals surface area contributed by atoms with E-state index in [9.17, 15) is 10.1 Å². The molecular formula is C18H9Cl2I2N3O2. The molecule has 0 heterocycles. The van der Waals surface area contributed by atoms with Crippen molar-refractivity contribution in [2.75, 3.05) is 11.9 Å². The first kappa shape index (κ1) is 21.8. The number of hydrogen-bond acceptors (Lipinski definition) is 4. The number of ether oxygens (including phenoxy) is 1.